The Balaban J connectivity index is 1.84. The Morgan fingerprint density at radius 1 is 0.720 bits per heavy atom. The van der Waals surface area contributed by atoms with E-state index >= 15 is 0 Å². The van der Waals surface area contributed by atoms with Gasteiger partial charge in [0.1, 0.15) is 12.0 Å². The van der Waals surface area contributed by atoms with Gasteiger partial charge in [0.15, 0.2) is 0 Å². The number of benzene rings is 3. The van der Waals surface area contributed by atoms with E-state index in [2.05, 4.69) is 34.1 Å². The molecule has 2 nitrogen and oxygen atoms in total. The van der Waals surface area contributed by atoms with E-state index in [0.717, 1.165) is 24.5 Å². The Labute approximate surface area is 152 Å². The maximum Gasteiger partial charge on any atom is 0.132 e. The number of halogens is 2. The van der Waals surface area contributed by atoms with Crippen LogP contribution in [0.25, 0.3) is 0 Å². The molecule has 4 heteroatoms. The highest BCUT2D eigenvalue weighted by Crippen LogP contribution is 2.41. The highest BCUT2D eigenvalue weighted by atomic mass is 35.5. The van der Waals surface area contributed by atoms with Crippen LogP contribution in [-0.2, 0) is 0 Å². The number of rotatable bonds is 3. The number of nitrogens with zero attached hydrogens (tertiary/aromatic N) is 2. The molecular formula is C21H18ClFN2. The minimum atomic E-state index is -0.279. The van der Waals surface area contributed by atoms with E-state index in [0.29, 0.717) is 10.6 Å². The summed E-state index contributed by atoms with van der Waals surface area (Å²) in [7, 11) is 0. The number of hydrogen-bond donors (Lipinski definition) is 0. The minimum Gasteiger partial charge on any atom is -0.345 e. The fraction of sp³-hybridized carbons (Fsp3) is 0.143. The summed E-state index contributed by atoms with van der Waals surface area (Å²) >= 11 is 6.42. The van der Waals surface area contributed by atoms with Crippen LogP contribution in [-0.4, -0.2) is 13.1 Å². The molecule has 0 saturated carbocycles. The summed E-state index contributed by atoms with van der Waals surface area (Å²) in [6, 6.07) is 25.1. The fourth-order valence-electron chi connectivity index (χ4n) is 3.48. The van der Waals surface area contributed by atoms with Gasteiger partial charge in [-0.05, 0) is 36.4 Å². The second kappa shape index (κ2) is 6.77. The van der Waals surface area contributed by atoms with Crippen molar-refractivity contribution in [2.45, 2.75) is 6.17 Å². The van der Waals surface area contributed by atoms with Crippen molar-refractivity contribution < 1.29 is 4.39 Å². The van der Waals surface area contributed by atoms with Gasteiger partial charge in [-0.25, -0.2) is 4.39 Å². The van der Waals surface area contributed by atoms with E-state index in [9.17, 15) is 4.39 Å². The summed E-state index contributed by atoms with van der Waals surface area (Å²) in [5, 5.41) is 0.453. The van der Waals surface area contributed by atoms with E-state index in [4.69, 9.17) is 11.6 Å². The molecular weight excluding hydrogens is 335 g/mol. The van der Waals surface area contributed by atoms with Crippen LogP contribution in [0.3, 0.4) is 0 Å². The van der Waals surface area contributed by atoms with Crippen molar-refractivity contribution in [2.75, 3.05) is 22.9 Å². The summed E-state index contributed by atoms with van der Waals surface area (Å²) < 4.78 is 14.7. The molecule has 0 aliphatic carbocycles. The zero-order valence-electron chi connectivity index (χ0n) is 13.6. The predicted molar refractivity (Wildman–Crippen MR) is 102 cm³/mol. The molecule has 1 heterocycles. The number of para-hydroxylation sites is 2. The second-order valence-corrected chi connectivity index (χ2v) is 6.47. The van der Waals surface area contributed by atoms with Gasteiger partial charge in [0, 0.05) is 30.0 Å². The second-order valence-electron chi connectivity index (χ2n) is 6.07. The molecule has 0 bridgehead atoms. The van der Waals surface area contributed by atoms with Crippen LogP contribution in [0.4, 0.5) is 15.8 Å². The molecule has 3 aromatic rings. The Morgan fingerprint density at radius 2 is 1.24 bits per heavy atom. The molecule has 3 aromatic carbocycles. The van der Waals surface area contributed by atoms with Crippen molar-refractivity contribution in [2.24, 2.45) is 0 Å². The number of hydrogen-bond acceptors (Lipinski definition) is 2. The quantitative estimate of drug-likeness (QED) is 0.613. The zero-order valence-corrected chi connectivity index (χ0v) is 14.4. The normalized spacial score (nSPS) is 15.0. The lowest BCUT2D eigenvalue weighted by molar-refractivity contribution is 0.581. The summed E-state index contributed by atoms with van der Waals surface area (Å²) in [6.07, 6.45) is -0.279. The van der Waals surface area contributed by atoms with Gasteiger partial charge in [-0.3, -0.25) is 0 Å². The van der Waals surface area contributed by atoms with Crippen LogP contribution >= 0.6 is 11.6 Å². The van der Waals surface area contributed by atoms with E-state index < -0.39 is 0 Å². The van der Waals surface area contributed by atoms with Gasteiger partial charge in [0.05, 0.1) is 5.02 Å². The summed E-state index contributed by atoms with van der Waals surface area (Å²) in [4.78, 5) is 4.41. The Hall–Kier alpha value is -2.52. The molecule has 0 spiro atoms. The minimum absolute atomic E-state index is 0.277. The van der Waals surface area contributed by atoms with Crippen LogP contribution in [0.5, 0.6) is 0 Å². The van der Waals surface area contributed by atoms with Crippen molar-refractivity contribution in [3.8, 4) is 0 Å². The molecule has 0 aromatic heterocycles. The third-order valence-electron chi connectivity index (χ3n) is 4.61. The first-order valence-electron chi connectivity index (χ1n) is 8.33. The van der Waals surface area contributed by atoms with E-state index in [1.54, 1.807) is 12.1 Å². The van der Waals surface area contributed by atoms with Gasteiger partial charge >= 0.3 is 0 Å². The third-order valence-corrected chi connectivity index (χ3v) is 4.94. The SMILES string of the molecule is Fc1cccc(Cl)c1C1N(c2ccccc2)CCN1c1ccccc1. The molecule has 126 valence electrons. The maximum absolute atomic E-state index is 14.7. The lowest BCUT2D eigenvalue weighted by atomic mass is 10.1. The lowest BCUT2D eigenvalue weighted by Crippen LogP contribution is -2.32. The standard InChI is InChI=1S/C21H18ClFN2/c22-18-12-7-13-19(23)20(18)21-24(16-8-3-1-4-9-16)14-15-25(21)17-10-5-2-6-11-17/h1-13,21H,14-15H2. The molecule has 4 rings (SSSR count). The average molecular weight is 353 g/mol. The fourth-order valence-corrected chi connectivity index (χ4v) is 3.74. The van der Waals surface area contributed by atoms with Crippen LogP contribution in [0.15, 0.2) is 78.9 Å². The molecule has 0 radical (unpaired) electrons. The first-order valence-corrected chi connectivity index (χ1v) is 8.71. The topological polar surface area (TPSA) is 6.48 Å². The predicted octanol–water partition coefficient (Wildman–Crippen LogP) is 5.50. The van der Waals surface area contributed by atoms with Crippen LogP contribution in [0.1, 0.15) is 11.7 Å². The Morgan fingerprint density at radius 3 is 1.72 bits per heavy atom. The van der Waals surface area contributed by atoms with Crippen molar-refractivity contribution in [1.29, 1.82) is 0 Å². The Bertz CT molecular complexity index is 787. The molecule has 0 atom stereocenters. The van der Waals surface area contributed by atoms with Crippen molar-refractivity contribution in [1.82, 2.24) is 0 Å². The molecule has 0 unspecified atom stereocenters. The molecule has 1 fully saturated rings. The summed E-state index contributed by atoms with van der Waals surface area (Å²) in [5.74, 6) is -0.277. The van der Waals surface area contributed by atoms with Crippen LogP contribution in [0.2, 0.25) is 5.02 Å². The van der Waals surface area contributed by atoms with Gasteiger partial charge in [-0.2, -0.15) is 0 Å². The van der Waals surface area contributed by atoms with Gasteiger partial charge in [-0.15, -0.1) is 0 Å². The summed E-state index contributed by atoms with van der Waals surface area (Å²) in [5.41, 5.74) is 2.64. The Kier molecular flexibility index (Phi) is 4.33. The van der Waals surface area contributed by atoms with Crippen molar-refractivity contribution in [3.05, 3.63) is 95.3 Å². The molecule has 0 amide bonds. The molecule has 1 saturated heterocycles. The summed E-state index contributed by atoms with van der Waals surface area (Å²) in [6.45, 7) is 1.60. The average Bonchev–Trinajstić information content (AvgIpc) is 3.08. The molecule has 1 aliphatic heterocycles. The third kappa shape index (κ3) is 2.96. The van der Waals surface area contributed by atoms with E-state index in [-0.39, 0.29) is 12.0 Å². The first kappa shape index (κ1) is 16.0. The van der Waals surface area contributed by atoms with Gasteiger partial charge in [0.25, 0.3) is 0 Å². The highest BCUT2D eigenvalue weighted by molar-refractivity contribution is 6.31. The largest absolute Gasteiger partial charge is 0.345 e. The molecule has 0 N–H and O–H groups in total. The van der Waals surface area contributed by atoms with Gasteiger partial charge in [-0.1, -0.05) is 54.1 Å². The van der Waals surface area contributed by atoms with Crippen molar-refractivity contribution >= 4 is 23.0 Å². The molecule has 1 aliphatic rings. The van der Waals surface area contributed by atoms with Crippen LogP contribution < -0.4 is 9.80 Å². The van der Waals surface area contributed by atoms with E-state index in [1.165, 1.54) is 6.07 Å². The van der Waals surface area contributed by atoms with Gasteiger partial charge < -0.3 is 9.80 Å². The van der Waals surface area contributed by atoms with Gasteiger partial charge in [0.2, 0.25) is 0 Å². The first-order chi connectivity index (χ1) is 12.3. The monoisotopic (exact) mass is 352 g/mol. The number of anilines is 2. The van der Waals surface area contributed by atoms with E-state index in [1.807, 2.05) is 36.4 Å². The van der Waals surface area contributed by atoms with Crippen molar-refractivity contribution in [3.63, 3.8) is 0 Å². The smallest absolute Gasteiger partial charge is 0.132 e. The maximum atomic E-state index is 14.7. The van der Waals surface area contributed by atoms with Crippen LogP contribution in [0, 0.1) is 5.82 Å². The highest BCUT2D eigenvalue weighted by Gasteiger charge is 2.36. The molecule has 25 heavy (non-hydrogen) atoms. The lowest BCUT2D eigenvalue weighted by Gasteiger charge is -2.34. The zero-order chi connectivity index (χ0) is 17.2.